The topological polar surface area (TPSA) is 63.0 Å². The van der Waals surface area contributed by atoms with Crippen LogP contribution in [0.1, 0.15) is 17.3 Å². The van der Waals surface area contributed by atoms with Gasteiger partial charge in [0.05, 0.1) is 10.6 Å². The number of halogens is 2. The molecule has 1 aromatic heterocycles. The van der Waals surface area contributed by atoms with Gasteiger partial charge in [0.15, 0.2) is 6.10 Å². The van der Waals surface area contributed by atoms with E-state index < -0.39 is 12.1 Å². The zero-order valence-corrected chi connectivity index (χ0v) is 9.21. The molecule has 0 aromatic carbocycles. The van der Waals surface area contributed by atoms with Crippen LogP contribution in [-0.2, 0) is 4.74 Å². The standard InChI is InChI=1S/C9H6Cl2N2O2/c1-5(3-12)15-9(14)6-2-7(10)8(11)13-4-6/h2,4-5H,1H3/t5-/m1/s1. The molecule has 15 heavy (non-hydrogen) atoms. The minimum atomic E-state index is -0.813. The number of carbonyl (C=O) groups excluding carboxylic acids is 1. The Hall–Kier alpha value is -1.31. The highest BCUT2D eigenvalue weighted by Crippen LogP contribution is 2.20. The Kier molecular flexibility index (Phi) is 3.89. The Labute approximate surface area is 96.4 Å². The third-order valence-corrected chi connectivity index (χ3v) is 2.18. The SMILES string of the molecule is C[C@H](C#N)OC(=O)c1cnc(Cl)c(Cl)c1. The van der Waals surface area contributed by atoms with Gasteiger partial charge in [-0.2, -0.15) is 5.26 Å². The van der Waals surface area contributed by atoms with E-state index in [0.29, 0.717) is 0 Å². The quantitative estimate of drug-likeness (QED) is 0.593. The second-order valence-electron chi connectivity index (χ2n) is 2.67. The summed E-state index contributed by atoms with van der Waals surface area (Å²) in [5.74, 6) is -0.657. The number of rotatable bonds is 2. The van der Waals surface area contributed by atoms with Gasteiger partial charge in [-0.05, 0) is 13.0 Å². The normalized spacial score (nSPS) is 11.6. The van der Waals surface area contributed by atoms with Crippen molar-refractivity contribution in [2.75, 3.05) is 0 Å². The van der Waals surface area contributed by atoms with Gasteiger partial charge in [-0.1, -0.05) is 23.2 Å². The molecule has 1 aromatic rings. The summed E-state index contributed by atoms with van der Waals surface area (Å²) >= 11 is 11.2. The van der Waals surface area contributed by atoms with Crippen molar-refractivity contribution < 1.29 is 9.53 Å². The van der Waals surface area contributed by atoms with E-state index in [1.165, 1.54) is 19.2 Å². The van der Waals surface area contributed by atoms with Crippen molar-refractivity contribution in [2.45, 2.75) is 13.0 Å². The molecule has 0 spiro atoms. The molecule has 0 saturated carbocycles. The van der Waals surface area contributed by atoms with E-state index in [4.69, 9.17) is 33.2 Å². The van der Waals surface area contributed by atoms with Crippen LogP contribution in [0.25, 0.3) is 0 Å². The molecule has 1 rings (SSSR count). The van der Waals surface area contributed by atoms with Gasteiger partial charge in [0.1, 0.15) is 11.2 Å². The lowest BCUT2D eigenvalue weighted by molar-refractivity contribution is 0.0435. The minimum Gasteiger partial charge on any atom is -0.444 e. The van der Waals surface area contributed by atoms with Gasteiger partial charge in [0.25, 0.3) is 0 Å². The smallest absolute Gasteiger partial charge is 0.341 e. The molecule has 0 fully saturated rings. The van der Waals surface area contributed by atoms with Crippen LogP contribution in [-0.4, -0.2) is 17.1 Å². The molecule has 1 heterocycles. The Morgan fingerprint density at radius 3 is 2.87 bits per heavy atom. The number of ether oxygens (including phenoxy) is 1. The molecule has 0 radical (unpaired) electrons. The fourth-order valence-electron chi connectivity index (χ4n) is 0.788. The summed E-state index contributed by atoms with van der Waals surface area (Å²) in [6.45, 7) is 1.46. The van der Waals surface area contributed by atoms with E-state index >= 15 is 0 Å². The third-order valence-electron chi connectivity index (χ3n) is 1.50. The highest BCUT2D eigenvalue weighted by Gasteiger charge is 2.13. The molecule has 0 aliphatic heterocycles. The number of hydrogen-bond donors (Lipinski definition) is 0. The van der Waals surface area contributed by atoms with Gasteiger partial charge in [-0.3, -0.25) is 0 Å². The second kappa shape index (κ2) is 4.96. The van der Waals surface area contributed by atoms with Crippen LogP contribution in [0.3, 0.4) is 0 Å². The summed E-state index contributed by atoms with van der Waals surface area (Å²) in [6.07, 6.45) is 0.424. The average molecular weight is 245 g/mol. The molecule has 6 heteroatoms. The summed E-state index contributed by atoms with van der Waals surface area (Å²) in [7, 11) is 0. The van der Waals surface area contributed by atoms with E-state index in [9.17, 15) is 4.79 Å². The zero-order chi connectivity index (χ0) is 11.4. The number of esters is 1. The number of hydrogen-bond acceptors (Lipinski definition) is 4. The van der Waals surface area contributed by atoms with Crippen molar-refractivity contribution >= 4 is 29.2 Å². The number of pyridine rings is 1. The van der Waals surface area contributed by atoms with Gasteiger partial charge in [0.2, 0.25) is 0 Å². The monoisotopic (exact) mass is 244 g/mol. The van der Waals surface area contributed by atoms with Crippen molar-refractivity contribution in [3.05, 3.63) is 28.0 Å². The summed E-state index contributed by atoms with van der Waals surface area (Å²) in [5, 5.41) is 8.71. The van der Waals surface area contributed by atoms with Crippen molar-refractivity contribution in [3.63, 3.8) is 0 Å². The van der Waals surface area contributed by atoms with E-state index in [1.807, 2.05) is 0 Å². The number of nitrogens with zero attached hydrogens (tertiary/aromatic N) is 2. The predicted molar refractivity (Wildman–Crippen MR) is 54.7 cm³/mol. The fraction of sp³-hybridized carbons (Fsp3) is 0.222. The van der Waals surface area contributed by atoms with Gasteiger partial charge in [0, 0.05) is 6.20 Å². The highest BCUT2D eigenvalue weighted by molar-refractivity contribution is 6.41. The third kappa shape index (κ3) is 3.08. The number of nitriles is 1. The molecule has 1 atom stereocenters. The molecule has 0 amide bonds. The van der Waals surface area contributed by atoms with E-state index in [0.717, 1.165) is 0 Å². The van der Waals surface area contributed by atoms with Crippen molar-refractivity contribution in [1.29, 1.82) is 5.26 Å². The summed E-state index contributed by atoms with van der Waals surface area (Å²) in [5.41, 5.74) is 0.159. The first-order valence-electron chi connectivity index (χ1n) is 3.96. The molecule has 0 aliphatic carbocycles. The van der Waals surface area contributed by atoms with Crippen LogP contribution in [0, 0.1) is 11.3 Å². The predicted octanol–water partition coefficient (Wildman–Crippen LogP) is 2.46. The highest BCUT2D eigenvalue weighted by atomic mass is 35.5. The summed E-state index contributed by atoms with van der Waals surface area (Å²) in [4.78, 5) is 15.0. The minimum absolute atomic E-state index is 0.113. The van der Waals surface area contributed by atoms with Gasteiger partial charge in [-0.15, -0.1) is 0 Å². The maximum absolute atomic E-state index is 11.4. The maximum Gasteiger partial charge on any atom is 0.341 e. The molecule has 0 saturated heterocycles. The van der Waals surface area contributed by atoms with Crippen LogP contribution in [0.5, 0.6) is 0 Å². The van der Waals surface area contributed by atoms with Crippen LogP contribution in [0.15, 0.2) is 12.3 Å². The first kappa shape index (κ1) is 11.8. The Morgan fingerprint density at radius 1 is 1.67 bits per heavy atom. The molecule has 4 nitrogen and oxygen atoms in total. The lowest BCUT2D eigenvalue weighted by atomic mass is 10.3. The molecule has 0 unspecified atom stereocenters. The average Bonchev–Trinajstić information content (AvgIpc) is 2.21. The number of aromatic nitrogens is 1. The molecule has 0 aliphatic rings. The van der Waals surface area contributed by atoms with Gasteiger partial charge < -0.3 is 4.74 Å². The van der Waals surface area contributed by atoms with Crippen molar-refractivity contribution in [3.8, 4) is 6.07 Å². The van der Waals surface area contributed by atoms with Crippen LogP contribution < -0.4 is 0 Å². The van der Waals surface area contributed by atoms with E-state index in [1.54, 1.807) is 6.07 Å². The Morgan fingerprint density at radius 2 is 2.33 bits per heavy atom. The molecule has 0 N–H and O–H groups in total. The maximum atomic E-state index is 11.4. The first-order chi connectivity index (χ1) is 7.04. The van der Waals surface area contributed by atoms with E-state index in [-0.39, 0.29) is 15.7 Å². The lowest BCUT2D eigenvalue weighted by Gasteiger charge is -2.05. The number of carbonyl (C=O) groups is 1. The van der Waals surface area contributed by atoms with Crippen molar-refractivity contribution in [2.24, 2.45) is 0 Å². The van der Waals surface area contributed by atoms with Gasteiger partial charge >= 0.3 is 5.97 Å². The van der Waals surface area contributed by atoms with E-state index in [2.05, 4.69) is 4.98 Å². The second-order valence-corrected chi connectivity index (χ2v) is 3.44. The molecular formula is C9H6Cl2N2O2. The first-order valence-corrected chi connectivity index (χ1v) is 4.72. The largest absolute Gasteiger partial charge is 0.444 e. The van der Waals surface area contributed by atoms with Crippen molar-refractivity contribution in [1.82, 2.24) is 4.98 Å². The zero-order valence-electron chi connectivity index (χ0n) is 7.70. The summed E-state index contributed by atoms with van der Waals surface area (Å²) in [6, 6.07) is 3.11. The fourth-order valence-corrected chi connectivity index (χ4v) is 1.06. The summed E-state index contributed by atoms with van der Waals surface area (Å²) < 4.78 is 4.74. The van der Waals surface area contributed by atoms with Crippen LogP contribution in [0.2, 0.25) is 10.2 Å². The van der Waals surface area contributed by atoms with Gasteiger partial charge in [-0.25, -0.2) is 9.78 Å². The van der Waals surface area contributed by atoms with Crippen LogP contribution in [0.4, 0.5) is 0 Å². The Bertz CT molecular complexity index is 429. The lowest BCUT2D eigenvalue weighted by Crippen LogP contribution is -2.13. The molecule has 0 bridgehead atoms. The van der Waals surface area contributed by atoms with Crippen LogP contribution >= 0.6 is 23.2 Å². The Balaban J connectivity index is 2.84. The molecule has 78 valence electrons. The molecular weight excluding hydrogens is 239 g/mol.